The van der Waals surface area contributed by atoms with Crippen molar-refractivity contribution in [1.29, 1.82) is 0 Å². The molecule has 0 aliphatic carbocycles. The summed E-state index contributed by atoms with van der Waals surface area (Å²) in [5.41, 5.74) is 0.869. The van der Waals surface area contributed by atoms with Crippen LogP contribution in [0.3, 0.4) is 0 Å². The summed E-state index contributed by atoms with van der Waals surface area (Å²) in [5.74, 6) is 0. The van der Waals surface area contributed by atoms with Crippen molar-refractivity contribution in [1.82, 2.24) is 9.03 Å². The van der Waals surface area contributed by atoms with Gasteiger partial charge in [-0.05, 0) is 61.2 Å². The first kappa shape index (κ1) is 20.5. The van der Waals surface area contributed by atoms with Gasteiger partial charge in [0.05, 0.1) is 9.79 Å². The van der Waals surface area contributed by atoms with Crippen LogP contribution in [0.4, 0.5) is 0 Å². The first-order valence-electron chi connectivity index (χ1n) is 8.63. The van der Waals surface area contributed by atoms with Gasteiger partial charge in [-0.3, -0.25) is 0 Å². The van der Waals surface area contributed by atoms with Crippen molar-refractivity contribution in [3.05, 3.63) is 58.6 Å². The highest BCUT2D eigenvalue weighted by atomic mass is 79.9. The first-order valence-corrected chi connectivity index (χ1v) is 12.3. The van der Waals surface area contributed by atoms with E-state index in [-0.39, 0.29) is 16.3 Å². The molecule has 0 bridgehead atoms. The van der Waals surface area contributed by atoms with Gasteiger partial charge >= 0.3 is 0 Å². The van der Waals surface area contributed by atoms with Crippen LogP contribution < -0.4 is 4.72 Å². The van der Waals surface area contributed by atoms with Crippen LogP contribution in [0.2, 0.25) is 0 Å². The predicted octanol–water partition coefficient (Wildman–Crippen LogP) is 2.75. The molecule has 1 N–H and O–H groups in total. The van der Waals surface area contributed by atoms with Crippen LogP contribution in [-0.4, -0.2) is 40.8 Å². The molecule has 0 aromatic heterocycles. The second-order valence-corrected chi connectivity index (χ2v) is 11.0. The molecule has 27 heavy (non-hydrogen) atoms. The molecule has 1 aliphatic heterocycles. The molecule has 1 fully saturated rings. The topological polar surface area (TPSA) is 83.5 Å². The molecule has 146 valence electrons. The maximum Gasteiger partial charge on any atom is 0.243 e. The fourth-order valence-electron chi connectivity index (χ4n) is 2.93. The maximum absolute atomic E-state index is 12.5. The molecule has 1 aliphatic rings. The maximum atomic E-state index is 12.5. The molecule has 6 nitrogen and oxygen atoms in total. The van der Waals surface area contributed by atoms with Crippen LogP contribution in [0, 0.1) is 0 Å². The van der Waals surface area contributed by atoms with Gasteiger partial charge in [-0.2, -0.15) is 4.31 Å². The van der Waals surface area contributed by atoms with Gasteiger partial charge < -0.3 is 0 Å². The van der Waals surface area contributed by atoms with E-state index in [0.717, 1.165) is 22.9 Å². The Bertz CT molecular complexity index is 983. The summed E-state index contributed by atoms with van der Waals surface area (Å²) in [5, 5.41) is 0. The molecular formula is C18H21BrN2O4S2. The Morgan fingerprint density at radius 3 is 2.00 bits per heavy atom. The van der Waals surface area contributed by atoms with Crippen molar-refractivity contribution in [2.24, 2.45) is 0 Å². The molecule has 0 atom stereocenters. The number of nitrogens with zero attached hydrogens (tertiary/aromatic N) is 1. The van der Waals surface area contributed by atoms with Crippen molar-refractivity contribution in [3.8, 4) is 0 Å². The van der Waals surface area contributed by atoms with E-state index < -0.39 is 20.0 Å². The molecule has 1 heterocycles. The molecule has 3 rings (SSSR count). The second kappa shape index (κ2) is 8.40. The molecule has 2 aromatic rings. The number of sulfonamides is 2. The number of hydrogen-bond acceptors (Lipinski definition) is 4. The number of halogens is 1. The Hall–Kier alpha value is -1.26. The monoisotopic (exact) mass is 472 g/mol. The van der Waals surface area contributed by atoms with Crippen molar-refractivity contribution in [2.45, 2.75) is 29.1 Å². The number of rotatable bonds is 7. The zero-order valence-electron chi connectivity index (χ0n) is 14.6. The molecule has 1 saturated heterocycles. The Labute approximate surface area is 168 Å². The molecule has 0 saturated carbocycles. The zero-order valence-corrected chi connectivity index (χ0v) is 17.9. The van der Waals surface area contributed by atoms with E-state index >= 15 is 0 Å². The van der Waals surface area contributed by atoms with Crippen molar-refractivity contribution in [2.75, 3.05) is 19.6 Å². The van der Waals surface area contributed by atoms with Gasteiger partial charge in [-0.1, -0.05) is 28.1 Å². The summed E-state index contributed by atoms with van der Waals surface area (Å²) in [4.78, 5) is 0.487. The van der Waals surface area contributed by atoms with Crippen LogP contribution in [0.5, 0.6) is 0 Å². The summed E-state index contributed by atoms with van der Waals surface area (Å²) in [6.45, 7) is 1.38. The minimum atomic E-state index is -3.56. The smallest absolute Gasteiger partial charge is 0.211 e. The lowest BCUT2D eigenvalue weighted by Gasteiger charge is -2.15. The largest absolute Gasteiger partial charge is 0.243 e. The van der Waals surface area contributed by atoms with Crippen molar-refractivity contribution in [3.63, 3.8) is 0 Å². The van der Waals surface area contributed by atoms with Gasteiger partial charge in [0.15, 0.2) is 0 Å². The van der Waals surface area contributed by atoms with E-state index in [0.29, 0.717) is 19.5 Å². The fraction of sp³-hybridized carbons (Fsp3) is 0.333. The lowest BCUT2D eigenvalue weighted by atomic mass is 10.2. The first-order chi connectivity index (χ1) is 12.8. The summed E-state index contributed by atoms with van der Waals surface area (Å²) >= 11 is 3.28. The Kier molecular flexibility index (Phi) is 6.37. The third-order valence-electron chi connectivity index (χ3n) is 4.46. The van der Waals surface area contributed by atoms with E-state index in [9.17, 15) is 16.8 Å². The summed E-state index contributed by atoms with van der Waals surface area (Å²) in [6.07, 6.45) is 2.27. The zero-order chi connectivity index (χ0) is 19.5. The third kappa shape index (κ3) is 4.97. The minimum Gasteiger partial charge on any atom is -0.211 e. The molecule has 0 amide bonds. The summed E-state index contributed by atoms with van der Waals surface area (Å²) in [7, 11) is -6.98. The second-order valence-electron chi connectivity index (χ2n) is 6.36. The average molecular weight is 473 g/mol. The standard InChI is InChI=1S/C18H21BrN2O4S2/c19-16-5-9-17(10-6-16)26(22,23)20-12-11-15-3-7-18(8-4-15)27(24,25)21-13-1-2-14-21/h3-10,20H,1-2,11-14H2. The average Bonchev–Trinajstić information content (AvgIpc) is 3.18. The van der Waals surface area contributed by atoms with Crippen molar-refractivity contribution < 1.29 is 16.8 Å². The summed E-state index contributed by atoms with van der Waals surface area (Å²) in [6, 6.07) is 13.1. The number of nitrogens with one attached hydrogen (secondary N) is 1. The lowest BCUT2D eigenvalue weighted by molar-refractivity contribution is 0.477. The van der Waals surface area contributed by atoms with Gasteiger partial charge in [0, 0.05) is 24.1 Å². The lowest BCUT2D eigenvalue weighted by Crippen LogP contribution is -2.28. The van der Waals surface area contributed by atoms with Gasteiger partial charge in [0.25, 0.3) is 0 Å². The van der Waals surface area contributed by atoms with E-state index in [4.69, 9.17) is 0 Å². The molecule has 9 heteroatoms. The van der Waals surface area contributed by atoms with Crippen LogP contribution in [0.25, 0.3) is 0 Å². The number of benzene rings is 2. The van der Waals surface area contributed by atoms with Crippen LogP contribution in [-0.2, 0) is 26.5 Å². The Morgan fingerprint density at radius 1 is 0.852 bits per heavy atom. The quantitative estimate of drug-likeness (QED) is 0.671. The van der Waals surface area contributed by atoms with Gasteiger partial charge in [0.2, 0.25) is 20.0 Å². The SMILES string of the molecule is O=S(=O)(NCCc1ccc(S(=O)(=O)N2CCCC2)cc1)c1ccc(Br)cc1. The Morgan fingerprint density at radius 2 is 1.41 bits per heavy atom. The molecular weight excluding hydrogens is 452 g/mol. The molecule has 2 aromatic carbocycles. The van der Waals surface area contributed by atoms with Crippen molar-refractivity contribution >= 4 is 36.0 Å². The van der Waals surface area contributed by atoms with Crippen LogP contribution in [0.15, 0.2) is 62.8 Å². The summed E-state index contributed by atoms with van der Waals surface area (Å²) < 4.78 is 54.4. The predicted molar refractivity (Wildman–Crippen MR) is 107 cm³/mol. The van der Waals surface area contributed by atoms with E-state index in [1.54, 1.807) is 36.4 Å². The van der Waals surface area contributed by atoms with Gasteiger partial charge in [-0.25, -0.2) is 21.6 Å². The van der Waals surface area contributed by atoms with E-state index in [1.807, 2.05) is 0 Å². The highest BCUT2D eigenvalue weighted by Crippen LogP contribution is 2.21. The van der Waals surface area contributed by atoms with Gasteiger partial charge in [-0.15, -0.1) is 0 Å². The van der Waals surface area contributed by atoms with Crippen LogP contribution >= 0.6 is 15.9 Å². The molecule has 0 spiro atoms. The third-order valence-corrected chi connectivity index (χ3v) is 8.37. The minimum absolute atomic E-state index is 0.206. The molecule has 0 radical (unpaired) electrons. The van der Waals surface area contributed by atoms with Crippen LogP contribution in [0.1, 0.15) is 18.4 Å². The molecule has 0 unspecified atom stereocenters. The van der Waals surface area contributed by atoms with E-state index in [2.05, 4.69) is 20.7 Å². The normalized spacial score (nSPS) is 15.9. The Balaban J connectivity index is 1.59. The fourth-order valence-corrected chi connectivity index (χ4v) is 5.75. The highest BCUT2D eigenvalue weighted by molar-refractivity contribution is 9.10. The van der Waals surface area contributed by atoms with Gasteiger partial charge in [0.1, 0.15) is 0 Å². The highest BCUT2D eigenvalue weighted by Gasteiger charge is 2.26. The number of hydrogen-bond donors (Lipinski definition) is 1. The van der Waals surface area contributed by atoms with E-state index in [1.165, 1.54) is 16.4 Å².